The van der Waals surface area contributed by atoms with Crippen LogP contribution in [0.25, 0.3) is 0 Å². The molecular formula is C19H33NO2. The summed E-state index contributed by atoms with van der Waals surface area (Å²) < 4.78 is 5.70. The minimum atomic E-state index is -0.460. The number of nitrogens with zero attached hydrogens (tertiary/aromatic N) is 1. The van der Waals surface area contributed by atoms with Gasteiger partial charge in [-0.2, -0.15) is 0 Å². The maximum Gasteiger partial charge on any atom is 0.0900 e. The van der Waals surface area contributed by atoms with Crippen LogP contribution >= 0.6 is 0 Å². The van der Waals surface area contributed by atoms with Crippen LogP contribution in [0.15, 0.2) is 24.3 Å². The van der Waals surface area contributed by atoms with E-state index in [1.54, 1.807) is 0 Å². The lowest BCUT2D eigenvalue weighted by atomic mass is 10.1. The Balaban J connectivity index is 2.64. The van der Waals surface area contributed by atoms with Gasteiger partial charge >= 0.3 is 0 Å². The monoisotopic (exact) mass is 307 g/mol. The van der Waals surface area contributed by atoms with Crippen LogP contribution in [0.4, 0.5) is 0 Å². The molecule has 0 radical (unpaired) electrons. The third-order valence-electron chi connectivity index (χ3n) is 3.84. The highest BCUT2D eigenvalue weighted by Gasteiger charge is 2.19. The molecule has 0 unspecified atom stereocenters. The first kappa shape index (κ1) is 19.1. The predicted octanol–water partition coefficient (Wildman–Crippen LogP) is 3.77. The molecule has 0 heterocycles. The molecule has 0 bridgehead atoms. The molecule has 0 saturated carbocycles. The molecule has 2 atom stereocenters. The molecule has 0 fully saturated rings. The Hall–Kier alpha value is -0.900. The van der Waals surface area contributed by atoms with E-state index in [0.29, 0.717) is 19.2 Å². The van der Waals surface area contributed by atoms with E-state index in [9.17, 15) is 5.11 Å². The van der Waals surface area contributed by atoms with Crippen LogP contribution < -0.4 is 0 Å². The van der Waals surface area contributed by atoms with Gasteiger partial charge in [0.1, 0.15) is 0 Å². The summed E-state index contributed by atoms with van der Waals surface area (Å²) in [5, 5.41) is 10.3. The maximum atomic E-state index is 10.3. The van der Waals surface area contributed by atoms with Gasteiger partial charge in [-0.05, 0) is 46.6 Å². The summed E-state index contributed by atoms with van der Waals surface area (Å²) in [4.78, 5) is 2.34. The zero-order valence-electron chi connectivity index (χ0n) is 15.1. The lowest BCUT2D eigenvalue weighted by molar-refractivity contribution is -0.0593. The SMILES string of the molecule is CC[C@@H](C)N(Cc1cccc(C)c1)C[C@@H](O)COC(C)(C)C. The van der Waals surface area contributed by atoms with E-state index in [4.69, 9.17) is 4.74 Å². The Morgan fingerprint density at radius 1 is 1.27 bits per heavy atom. The number of aryl methyl sites for hydroxylation is 1. The first-order valence-electron chi connectivity index (χ1n) is 8.33. The molecule has 0 aromatic heterocycles. The molecule has 0 aliphatic heterocycles. The fourth-order valence-electron chi connectivity index (χ4n) is 2.37. The van der Waals surface area contributed by atoms with Crippen molar-refractivity contribution in [3.63, 3.8) is 0 Å². The lowest BCUT2D eigenvalue weighted by Crippen LogP contribution is -2.41. The maximum absolute atomic E-state index is 10.3. The van der Waals surface area contributed by atoms with Gasteiger partial charge in [-0.1, -0.05) is 36.8 Å². The molecule has 3 heteroatoms. The van der Waals surface area contributed by atoms with Gasteiger partial charge in [-0.25, -0.2) is 0 Å². The second-order valence-electron chi connectivity index (χ2n) is 7.25. The average Bonchev–Trinajstić information content (AvgIpc) is 2.43. The molecule has 126 valence electrons. The van der Waals surface area contributed by atoms with Crippen LogP contribution in [0.2, 0.25) is 0 Å². The van der Waals surface area contributed by atoms with Gasteiger partial charge in [0, 0.05) is 19.1 Å². The van der Waals surface area contributed by atoms with Gasteiger partial charge in [0.2, 0.25) is 0 Å². The molecule has 0 aliphatic rings. The van der Waals surface area contributed by atoms with Crippen LogP contribution in [0.5, 0.6) is 0 Å². The second-order valence-corrected chi connectivity index (χ2v) is 7.25. The van der Waals surface area contributed by atoms with E-state index < -0.39 is 6.10 Å². The normalized spacial score (nSPS) is 15.1. The minimum absolute atomic E-state index is 0.210. The summed E-state index contributed by atoms with van der Waals surface area (Å²) in [5.41, 5.74) is 2.36. The molecule has 1 aromatic carbocycles. The number of aliphatic hydroxyl groups excluding tert-OH is 1. The summed E-state index contributed by atoms with van der Waals surface area (Å²) in [6, 6.07) is 9.01. The summed E-state index contributed by atoms with van der Waals surface area (Å²) in [6.45, 7) is 14.4. The number of benzene rings is 1. The lowest BCUT2D eigenvalue weighted by Gasteiger charge is -2.31. The summed E-state index contributed by atoms with van der Waals surface area (Å²) in [5.74, 6) is 0. The highest BCUT2D eigenvalue weighted by molar-refractivity contribution is 5.22. The third-order valence-corrected chi connectivity index (χ3v) is 3.84. The minimum Gasteiger partial charge on any atom is -0.389 e. The molecule has 0 amide bonds. The van der Waals surface area contributed by atoms with Crippen LogP contribution in [0.1, 0.15) is 52.2 Å². The van der Waals surface area contributed by atoms with Crippen molar-refractivity contribution in [1.82, 2.24) is 4.90 Å². The van der Waals surface area contributed by atoms with Crippen LogP contribution in [0, 0.1) is 6.92 Å². The molecule has 0 spiro atoms. The first-order chi connectivity index (χ1) is 10.2. The number of ether oxygens (including phenoxy) is 1. The molecule has 22 heavy (non-hydrogen) atoms. The van der Waals surface area contributed by atoms with Crippen molar-refractivity contribution in [3.05, 3.63) is 35.4 Å². The number of hydrogen-bond acceptors (Lipinski definition) is 3. The Bertz CT molecular complexity index is 439. The van der Waals surface area contributed by atoms with Crippen molar-refractivity contribution in [2.45, 2.75) is 72.3 Å². The number of aliphatic hydroxyl groups is 1. The van der Waals surface area contributed by atoms with Crippen molar-refractivity contribution < 1.29 is 9.84 Å². The fraction of sp³-hybridized carbons (Fsp3) is 0.684. The number of hydrogen-bond donors (Lipinski definition) is 1. The Labute approximate surface area is 136 Å². The van der Waals surface area contributed by atoms with Gasteiger partial charge in [0.05, 0.1) is 18.3 Å². The van der Waals surface area contributed by atoms with Crippen LogP contribution in [-0.4, -0.2) is 40.9 Å². The highest BCUT2D eigenvalue weighted by atomic mass is 16.5. The summed E-state index contributed by atoms with van der Waals surface area (Å²) in [6.07, 6.45) is 0.608. The fourth-order valence-corrected chi connectivity index (χ4v) is 2.37. The predicted molar refractivity (Wildman–Crippen MR) is 93.1 cm³/mol. The number of rotatable bonds is 8. The highest BCUT2D eigenvalue weighted by Crippen LogP contribution is 2.14. The zero-order valence-corrected chi connectivity index (χ0v) is 15.1. The Morgan fingerprint density at radius 3 is 2.50 bits per heavy atom. The third kappa shape index (κ3) is 7.39. The molecular weight excluding hydrogens is 274 g/mol. The van der Waals surface area contributed by atoms with Gasteiger partial charge in [-0.3, -0.25) is 4.90 Å². The summed E-state index contributed by atoms with van der Waals surface area (Å²) >= 11 is 0. The molecule has 1 N–H and O–H groups in total. The van der Waals surface area contributed by atoms with Crippen molar-refractivity contribution in [3.8, 4) is 0 Å². The quantitative estimate of drug-likeness (QED) is 0.793. The topological polar surface area (TPSA) is 32.7 Å². The van der Waals surface area contributed by atoms with Gasteiger partial charge in [0.15, 0.2) is 0 Å². The smallest absolute Gasteiger partial charge is 0.0900 e. The van der Waals surface area contributed by atoms with Crippen LogP contribution in [0.3, 0.4) is 0 Å². The van der Waals surface area contributed by atoms with E-state index in [1.165, 1.54) is 11.1 Å². The molecule has 1 aromatic rings. The van der Waals surface area contributed by atoms with E-state index in [2.05, 4.69) is 49.9 Å². The molecule has 0 aliphatic carbocycles. The Kier molecular flexibility index (Phi) is 7.54. The van der Waals surface area contributed by atoms with Gasteiger partial charge in [0.25, 0.3) is 0 Å². The average molecular weight is 307 g/mol. The van der Waals surface area contributed by atoms with E-state index in [1.807, 2.05) is 20.8 Å². The van der Waals surface area contributed by atoms with Crippen molar-refractivity contribution in [2.24, 2.45) is 0 Å². The van der Waals surface area contributed by atoms with Crippen molar-refractivity contribution in [1.29, 1.82) is 0 Å². The second kappa shape index (κ2) is 8.66. The molecule has 1 rings (SSSR count). The van der Waals surface area contributed by atoms with E-state index >= 15 is 0 Å². The molecule has 0 saturated heterocycles. The largest absolute Gasteiger partial charge is 0.389 e. The van der Waals surface area contributed by atoms with E-state index in [-0.39, 0.29) is 5.60 Å². The van der Waals surface area contributed by atoms with Crippen molar-refractivity contribution in [2.75, 3.05) is 13.2 Å². The zero-order chi connectivity index (χ0) is 16.8. The molecule has 3 nitrogen and oxygen atoms in total. The van der Waals surface area contributed by atoms with Crippen LogP contribution in [-0.2, 0) is 11.3 Å². The van der Waals surface area contributed by atoms with E-state index in [0.717, 1.165) is 13.0 Å². The van der Waals surface area contributed by atoms with Gasteiger partial charge in [-0.15, -0.1) is 0 Å². The van der Waals surface area contributed by atoms with Gasteiger partial charge < -0.3 is 9.84 Å². The standard InChI is InChI=1S/C19H33NO2/c1-7-16(3)20(12-17-10-8-9-15(2)11-17)13-18(21)14-22-19(4,5)6/h8-11,16,18,21H,7,12-14H2,1-6H3/t16-,18-/m1/s1. The summed E-state index contributed by atoms with van der Waals surface area (Å²) in [7, 11) is 0. The Morgan fingerprint density at radius 2 is 1.95 bits per heavy atom. The van der Waals surface area contributed by atoms with Crippen molar-refractivity contribution >= 4 is 0 Å². The first-order valence-corrected chi connectivity index (χ1v) is 8.33.